The van der Waals surface area contributed by atoms with Crippen molar-refractivity contribution in [3.63, 3.8) is 0 Å². The van der Waals surface area contributed by atoms with Crippen molar-refractivity contribution in [2.24, 2.45) is 0 Å². The highest BCUT2D eigenvalue weighted by Gasteiger charge is 2.38. The van der Waals surface area contributed by atoms with Gasteiger partial charge in [-0.15, -0.1) is 0 Å². The van der Waals surface area contributed by atoms with Gasteiger partial charge in [0.25, 0.3) is 0 Å². The molecule has 2 aliphatic rings. The number of allylic oxidation sites excluding steroid dienone is 3. The molecule has 0 aromatic heterocycles. The number of esters is 1. The molecule has 1 N–H and O–H groups in total. The van der Waals surface area contributed by atoms with Crippen LogP contribution in [0.2, 0.25) is 0 Å². The monoisotopic (exact) mass is 481 g/mol. The summed E-state index contributed by atoms with van der Waals surface area (Å²) in [6.07, 6.45) is 2.19. The van der Waals surface area contributed by atoms with Gasteiger partial charge in [-0.3, -0.25) is 4.79 Å². The number of halogens is 1. The number of ketones is 1. The summed E-state index contributed by atoms with van der Waals surface area (Å²) < 4.78 is 11.8. The number of hydrogen-bond donors (Lipinski definition) is 1. The van der Waals surface area contributed by atoms with Gasteiger partial charge in [0.2, 0.25) is 0 Å². The second-order valence-electron chi connectivity index (χ2n) is 6.65. The average Bonchev–Trinajstić information content (AvgIpc) is 2.65. The van der Waals surface area contributed by atoms with Crippen LogP contribution in [0.5, 0.6) is 0 Å². The number of ether oxygens (including phenoxy) is 2. The van der Waals surface area contributed by atoms with E-state index in [4.69, 9.17) is 9.47 Å². The van der Waals surface area contributed by atoms with Crippen molar-refractivity contribution in [3.05, 3.63) is 55.9 Å². The third-order valence-electron chi connectivity index (χ3n) is 4.86. The van der Waals surface area contributed by atoms with E-state index in [1.54, 1.807) is 0 Å². The second kappa shape index (κ2) is 9.01. The molecule has 1 aliphatic carbocycles. The van der Waals surface area contributed by atoms with Gasteiger partial charge in [0.05, 0.1) is 12.2 Å². The Labute approximate surface area is 173 Å². The molecule has 0 bridgehead atoms. The zero-order chi connectivity index (χ0) is 19.4. The fourth-order valence-electron chi connectivity index (χ4n) is 3.66. The summed E-state index contributed by atoms with van der Waals surface area (Å²) in [5.74, 6) is -0.668. The van der Waals surface area contributed by atoms with E-state index in [1.807, 2.05) is 38.1 Å². The van der Waals surface area contributed by atoms with Gasteiger partial charge in [-0.05, 0) is 67.0 Å². The summed E-state index contributed by atoms with van der Waals surface area (Å²) in [4.78, 5) is 25.7. The van der Waals surface area contributed by atoms with E-state index >= 15 is 0 Å². The Morgan fingerprint density at radius 2 is 1.96 bits per heavy atom. The molecule has 27 heavy (non-hydrogen) atoms. The van der Waals surface area contributed by atoms with Crippen molar-refractivity contribution >= 4 is 34.3 Å². The number of benzene rings is 1. The summed E-state index contributed by atoms with van der Waals surface area (Å²) in [7, 11) is 0. The van der Waals surface area contributed by atoms with Crippen LogP contribution in [0.15, 0.2) is 46.8 Å². The van der Waals surface area contributed by atoms with Crippen LogP contribution in [0.4, 0.5) is 0 Å². The highest BCUT2D eigenvalue weighted by molar-refractivity contribution is 14.1. The third kappa shape index (κ3) is 4.43. The maximum atomic E-state index is 12.9. The van der Waals surface area contributed by atoms with Crippen LogP contribution in [0.1, 0.15) is 44.6 Å². The lowest BCUT2D eigenvalue weighted by Gasteiger charge is -2.34. The number of rotatable bonds is 6. The van der Waals surface area contributed by atoms with E-state index in [1.165, 1.54) is 0 Å². The van der Waals surface area contributed by atoms with Crippen LogP contribution in [0.25, 0.3) is 0 Å². The lowest BCUT2D eigenvalue weighted by atomic mass is 9.75. The summed E-state index contributed by atoms with van der Waals surface area (Å²) >= 11 is 2.25. The van der Waals surface area contributed by atoms with Crippen LogP contribution >= 0.6 is 22.6 Å². The van der Waals surface area contributed by atoms with E-state index in [2.05, 4.69) is 27.9 Å². The highest BCUT2D eigenvalue weighted by atomic mass is 127. The summed E-state index contributed by atoms with van der Waals surface area (Å²) in [6.45, 7) is 4.92. The van der Waals surface area contributed by atoms with Crippen LogP contribution < -0.4 is 5.32 Å². The molecular weight excluding hydrogens is 457 g/mol. The zero-order valence-electron chi connectivity index (χ0n) is 15.6. The van der Waals surface area contributed by atoms with Gasteiger partial charge in [0.15, 0.2) is 5.78 Å². The second-order valence-corrected chi connectivity index (χ2v) is 7.90. The Morgan fingerprint density at radius 3 is 2.67 bits per heavy atom. The van der Waals surface area contributed by atoms with Gasteiger partial charge < -0.3 is 14.8 Å². The molecule has 5 nitrogen and oxygen atoms in total. The molecule has 0 amide bonds. The van der Waals surface area contributed by atoms with Gasteiger partial charge in [-0.1, -0.05) is 12.1 Å². The van der Waals surface area contributed by atoms with E-state index in [9.17, 15) is 9.59 Å². The standard InChI is InChI=1S/C21H24INO4/c1-3-26-11-12-27-21(25)18-13(2)23-16-5-4-6-17(24)20(16)19(18)14-7-9-15(22)10-8-14/h7-10,19,23H,3-6,11-12H2,1-2H3/t19-/m0/s1. The minimum atomic E-state index is -0.395. The molecule has 0 spiro atoms. The topological polar surface area (TPSA) is 64.6 Å². The first-order chi connectivity index (χ1) is 13.0. The average molecular weight is 481 g/mol. The number of nitrogens with one attached hydrogen (secondary N) is 1. The van der Waals surface area contributed by atoms with Gasteiger partial charge >= 0.3 is 5.97 Å². The van der Waals surface area contributed by atoms with E-state index in [0.717, 1.165) is 33.4 Å². The molecule has 0 radical (unpaired) electrons. The molecule has 0 saturated carbocycles. The molecule has 1 aliphatic heterocycles. The van der Waals surface area contributed by atoms with Gasteiger partial charge in [0.1, 0.15) is 6.61 Å². The Morgan fingerprint density at radius 1 is 1.22 bits per heavy atom. The van der Waals surface area contributed by atoms with Crippen molar-refractivity contribution in [2.75, 3.05) is 19.8 Å². The fourth-order valence-corrected chi connectivity index (χ4v) is 4.02. The molecule has 0 fully saturated rings. The smallest absolute Gasteiger partial charge is 0.336 e. The molecule has 1 heterocycles. The summed E-state index contributed by atoms with van der Waals surface area (Å²) in [6, 6.07) is 7.98. The van der Waals surface area contributed by atoms with E-state index in [-0.39, 0.29) is 18.3 Å². The first-order valence-electron chi connectivity index (χ1n) is 9.27. The largest absolute Gasteiger partial charge is 0.460 e. The van der Waals surface area contributed by atoms with Crippen molar-refractivity contribution in [2.45, 2.75) is 39.0 Å². The van der Waals surface area contributed by atoms with Crippen LogP contribution in [-0.4, -0.2) is 31.6 Å². The molecule has 1 aromatic rings. The molecule has 0 saturated heterocycles. The predicted molar refractivity (Wildman–Crippen MR) is 111 cm³/mol. The maximum Gasteiger partial charge on any atom is 0.336 e. The minimum Gasteiger partial charge on any atom is -0.460 e. The number of carbonyl (C=O) groups is 2. The van der Waals surface area contributed by atoms with Crippen LogP contribution in [-0.2, 0) is 19.1 Å². The Bertz CT molecular complexity index is 795. The van der Waals surface area contributed by atoms with Gasteiger partial charge in [-0.2, -0.15) is 0 Å². The van der Waals surface area contributed by atoms with Crippen LogP contribution in [0.3, 0.4) is 0 Å². The summed E-state index contributed by atoms with van der Waals surface area (Å²) in [5, 5.41) is 3.30. The molecule has 1 atom stereocenters. The van der Waals surface area contributed by atoms with Crippen molar-refractivity contribution in [3.8, 4) is 0 Å². The quantitative estimate of drug-likeness (QED) is 0.380. The Hall–Kier alpha value is -1.67. The van der Waals surface area contributed by atoms with Crippen molar-refractivity contribution in [1.29, 1.82) is 0 Å². The predicted octanol–water partition coefficient (Wildman–Crippen LogP) is 3.84. The highest BCUT2D eigenvalue weighted by Crippen LogP contribution is 2.42. The lowest BCUT2D eigenvalue weighted by Crippen LogP contribution is -2.34. The van der Waals surface area contributed by atoms with Gasteiger partial charge in [0, 0.05) is 39.5 Å². The number of hydrogen-bond acceptors (Lipinski definition) is 5. The normalized spacial score (nSPS) is 19.7. The number of dihydropyridines is 1. The van der Waals surface area contributed by atoms with Crippen molar-refractivity contribution < 1.29 is 19.1 Å². The third-order valence-corrected chi connectivity index (χ3v) is 5.58. The SMILES string of the molecule is CCOCCOC(=O)C1=C(C)NC2=C(C(=O)CCC2)[C@H]1c1ccc(I)cc1. The molecule has 0 unspecified atom stereocenters. The molecule has 3 rings (SSSR count). The molecule has 6 heteroatoms. The van der Waals surface area contributed by atoms with Crippen molar-refractivity contribution in [1.82, 2.24) is 5.32 Å². The molecule has 1 aromatic carbocycles. The first-order valence-corrected chi connectivity index (χ1v) is 10.3. The minimum absolute atomic E-state index is 0.111. The lowest BCUT2D eigenvalue weighted by molar-refractivity contribution is -0.140. The molecule has 144 valence electrons. The number of carbonyl (C=O) groups excluding carboxylic acids is 2. The van der Waals surface area contributed by atoms with E-state index < -0.39 is 5.97 Å². The zero-order valence-corrected chi connectivity index (χ0v) is 17.8. The molecular formula is C21H24INO4. The number of Topliss-reactive ketones (excluding diaryl/α,β-unsaturated/α-hetero) is 1. The summed E-state index contributed by atoms with van der Waals surface area (Å²) in [5.41, 5.74) is 3.87. The maximum absolute atomic E-state index is 12.9. The Balaban J connectivity index is 1.97. The first kappa shape index (κ1) is 20.1. The van der Waals surface area contributed by atoms with E-state index in [0.29, 0.717) is 30.8 Å². The Kier molecular flexibility index (Phi) is 6.70. The van der Waals surface area contributed by atoms with Gasteiger partial charge in [-0.25, -0.2) is 4.79 Å². The van der Waals surface area contributed by atoms with Crippen LogP contribution in [0, 0.1) is 3.57 Å². The fraction of sp³-hybridized carbons (Fsp3) is 0.429.